The molecular weight excluding hydrogens is 288 g/mol. The number of nitrogens with zero attached hydrogens (tertiary/aromatic N) is 3. The van der Waals surface area contributed by atoms with E-state index in [-0.39, 0.29) is 11.9 Å². The summed E-state index contributed by atoms with van der Waals surface area (Å²) in [7, 11) is 0. The Morgan fingerprint density at radius 2 is 2.00 bits per heavy atom. The van der Waals surface area contributed by atoms with Crippen molar-refractivity contribution in [2.24, 2.45) is 5.92 Å². The van der Waals surface area contributed by atoms with Crippen molar-refractivity contribution in [3.8, 4) is 0 Å². The number of fused-ring (bicyclic) bond motifs is 1. The third-order valence-corrected chi connectivity index (χ3v) is 3.49. The first-order valence-corrected chi connectivity index (χ1v) is 6.40. The number of hydrogen-bond acceptors (Lipinski definition) is 3. The van der Waals surface area contributed by atoms with E-state index >= 15 is 0 Å². The van der Waals surface area contributed by atoms with Gasteiger partial charge in [0.15, 0.2) is 0 Å². The van der Waals surface area contributed by atoms with Crippen LogP contribution in [0.3, 0.4) is 0 Å². The van der Waals surface area contributed by atoms with Crippen LogP contribution in [0.15, 0.2) is 24.3 Å². The predicted octanol–water partition coefficient (Wildman–Crippen LogP) is 3.09. The largest absolute Gasteiger partial charge is 0.453 e. The molecule has 0 fully saturated rings. The van der Waals surface area contributed by atoms with Crippen LogP contribution >= 0.6 is 0 Å². The maximum Gasteiger partial charge on any atom is 0.453 e. The van der Waals surface area contributed by atoms with Crippen molar-refractivity contribution in [1.82, 2.24) is 14.8 Å². The molecule has 0 spiro atoms. The molecular formula is C13H12F4N4. The van der Waals surface area contributed by atoms with Gasteiger partial charge in [-0.3, -0.25) is 0 Å². The molecule has 1 aromatic carbocycles. The molecule has 0 bridgehead atoms. The highest BCUT2D eigenvalue weighted by Gasteiger charge is 2.40. The Balaban J connectivity index is 2.11. The van der Waals surface area contributed by atoms with E-state index in [1.807, 2.05) is 6.92 Å². The summed E-state index contributed by atoms with van der Waals surface area (Å²) in [6.07, 6.45) is -4.63. The lowest BCUT2D eigenvalue weighted by atomic mass is 9.93. The molecule has 21 heavy (non-hydrogen) atoms. The van der Waals surface area contributed by atoms with Gasteiger partial charge in [0.25, 0.3) is 5.82 Å². The summed E-state index contributed by atoms with van der Waals surface area (Å²) in [5.74, 6) is -1.81. The summed E-state index contributed by atoms with van der Waals surface area (Å²) in [4.78, 5) is 3.46. The average molecular weight is 300 g/mol. The summed E-state index contributed by atoms with van der Waals surface area (Å²) in [5.41, 5.74) is 0.311. The fourth-order valence-corrected chi connectivity index (χ4v) is 2.52. The van der Waals surface area contributed by atoms with Crippen LogP contribution in [0.4, 0.5) is 23.5 Å². The standard InChI is InChI=1S/C13H12F4N4/c1-7-6-18-12-19-11(13(15,16)17)20-21(12)10(7)8-4-2-3-5-9(8)14/h2-5,7,10H,6H2,1H3,(H,18,19,20). The lowest BCUT2D eigenvalue weighted by Gasteiger charge is -2.30. The highest BCUT2D eigenvalue weighted by atomic mass is 19.4. The zero-order chi connectivity index (χ0) is 15.2. The van der Waals surface area contributed by atoms with Crippen LogP contribution in [0.1, 0.15) is 24.4 Å². The number of hydrogen-bond donors (Lipinski definition) is 1. The number of aromatic nitrogens is 3. The van der Waals surface area contributed by atoms with Crippen molar-refractivity contribution in [2.45, 2.75) is 19.1 Å². The van der Waals surface area contributed by atoms with E-state index in [1.165, 1.54) is 12.1 Å². The lowest BCUT2D eigenvalue weighted by molar-refractivity contribution is -0.145. The highest BCUT2D eigenvalue weighted by Crippen LogP contribution is 2.36. The molecule has 112 valence electrons. The fraction of sp³-hybridized carbons (Fsp3) is 0.385. The molecule has 0 saturated carbocycles. The van der Waals surface area contributed by atoms with Gasteiger partial charge in [0.1, 0.15) is 5.82 Å². The zero-order valence-corrected chi connectivity index (χ0v) is 11.0. The topological polar surface area (TPSA) is 42.7 Å². The molecule has 2 atom stereocenters. The average Bonchev–Trinajstić information content (AvgIpc) is 2.84. The molecule has 1 aliphatic heterocycles. The lowest BCUT2D eigenvalue weighted by Crippen LogP contribution is -2.32. The van der Waals surface area contributed by atoms with Gasteiger partial charge in [-0.25, -0.2) is 9.07 Å². The molecule has 1 aromatic heterocycles. The van der Waals surface area contributed by atoms with E-state index in [0.29, 0.717) is 12.1 Å². The summed E-state index contributed by atoms with van der Waals surface area (Å²) in [6, 6.07) is 5.40. The number of alkyl halides is 3. The van der Waals surface area contributed by atoms with E-state index in [1.54, 1.807) is 12.1 Å². The van der Waals surface area contributed by atoms with Gasteiger partial charge >= 0.3 is 6.18 Å². The Morgan fingerprint density at radius 3 is 2.67 bits per heavy atom. The third-order valence-electron chi connectivity index (χ3n) is 3.49. The first-order chi connectivity index (χ1) is 9.88. The molecule has 4 nitrogen and oxygen atoms in total. The second kappa shape index (κ2) is 4.71. The van der Waals surface area contributed by atoms with E-state index in [4.69, 9.17) is 0 Å². The molecule has 0 radical (unpaired) electrons. The van der Waals surface area contributed by atoms with E-state index in [2.05, 4.69) is 15.4 Å². The van der Waals surface area contributed by atoms with Crippen molar-refractivity contribution in [3.63, 3.8) is 0 Å². The van der Waals surface area contributed by atoms with Gasteiger partial charge in [0.2, 0.25) is 5.95 Å². The Morgan fingerprint density at radius 1 is 1.29 bits per heavy atom. The van der Waals surface area contributed by atoms with Crippen LogP contribution in [-0.4, -0.2) is 21.3 Å². The summed E-state index contributed by atoms with van der Waals surface area (Å²) >= 11 is 0. The zero-order valence-electron chi connectivity index (χ0n) is 11.0. The van der Waals surface area contributed by atoms with Crippen LogP contribution < -0.4 is 5.32 Å². The smallest absolute Gasteiger partial charge is 0.354 e. The first kappa shape index (κ1) is 13.8. The SMILES string of the molecule is CC1CNc2nc(C(F)(F)F)nn2C1c1ccccc1F. The van der Waals surface area contributed by atoms with Crippen LogP contribution in [0.5, 0.6) is 0 Å². The number of benzene rings is 1. The third kappa shape index (κ3) is 2.34. The minimum absolute atomic E-state index is 0.00804. The molecule has 0 saturated heterocycles. The molecule has 2 aromatic rings. The van der Waals surface area contributed by atoms with Gasteiger partial charge in [-0.05, 0) is 6.07 Å². The highest BCUT2D eigenvalue weighted by molar-refractivity contribution is 5.34. The number of halogens is 4. The van der Waals surface area contributed by atoms with Crippen LogP contribution in [0.25, 0.3) is 0 Å². The number of anilines is 1. The van der Waals surface area contributed by atoms with Crippen molar-refractivity contribution >= 4 is 5.95 Å². The molecule has 3 rings (SSSR count). The number of rotatable bonds is 1. The molecule has 2 heterocycles. The van der Waals surface area contributed by atoms with Crippen LogP contribution in [0, 0.1) is 11.7 Å². The summed E-state index contributed by atoms with van der Waals surface area (Å²) in [6.45, 7) is 2.22. The minimum atomic E-state index is -4.63. The van der Waals surface area contributed by atoms with Crippen molar-refractivity contribution < 1.29 is 17.6 Å². The van der Waals surface area contributed by atoms with Gasteiger partial charge in [-0.2, -0.15) is 18.2 Å². The van der Waals surface area contributed by atoms with Crippen molar-refractivity contribution in [1.29, 1.82) is 0 Å². The summed E-state index contributed by atoms with van der Waals surface area (Å²) in [5, 5.41) is 6.31. The molecule has 1 N–H and O–H groups in total. The molecule has 0 aliphatic carbocycles. The van der Waals surface area contributed by atoms with E-state index < -0.39 is 23.9 Å². The maximum atomic E-state index is 14.0. The van der Waals surface area contributed by atoms with Gasteiger partial charge in [0, 0.05) is 18.0 Å². The van der Waals surface area contributed by atoms with Crippen molar-refractivity contribution in [2.75, 3.05) is 11.9 Å². The second-order valence-electron chi connectivity index (χ2n) is 5.03. The Labute approximate surface area is 117 Å². The molecule has 2 unspecified atom stereocenters. The Hall–Kier alpha value is -2.12. The van der Waals surface area contributed by atoms with Gasteiger partial charge < -0.3 is 5.32 Å². The monoisotopic (exact) mass is 300 g/mol. The molecule has 0 amide bonds. The van der Waals surface area contributed by atoms with Gasteiger partial charge in [-0.1, -0.05) is 25.1 Å². The van der Waals surface area contributed by atoms with Crippen molar-refractivity contribution in [3.05, 3.63) is 41.5 Å². The van der Waals surface area contributed by atoms with Crippen LogP contribution in [0.2, 0.25) is 0 Å². The Bertz CT molecular complexity index is 664. The molecule has 1 aliphatic rings. The Kier molecular flexibility index (Phi) is 3.11. The maximum absolute atomic E-state index is 14.0. The van der Waals surface area contributed by atoms with Crippen LogP contribution in [-0.2, 0) is 6.18 Å². The van der Waals surface area contributed by atoms with Gasteiger partial charge in [-0.15, -0.1) is 5.10 Å². The van der Waals surface area contributed by atoms with Gasteiger partial charge in [0.05, 0.1) is 6.04 Å². The second-order valence-corrected chi connectivity index (χ2v) is 5.03. The number of nitrogens with one attached hydrogen (secondary N) is 1. The quantitative estimate of drug-likeness (QED) is 0.823. The minimum Gasteiger partial charge on any atom is -0.354 e. The normalized spacial score (nSPS) is 21.8. The predicted molar refractivity (Wildman–Crippen MR) is 67.2 cm³/mol. The fourth-order valence-electron chi connectivity index (χ4n) is 2.52. The molecule has 8 heteroatoms. The van der Waals surface area contributed by atoms with E-state index in [0.717, 1.165) is 4.68 Å². The summed E-state index contributed by atoms with van der Waals surface area (Å²) < 4.78 is 53.3. The first-order valence-electron chi connectivity index (χ1n) is 6.40. The van der Waals surface area contributed by atoms with E-state index in [9.17, 15) is 17.6 Å².